The van der Waals surface area contributed by atoms with Crippen molar-refractivity contribution < 1.29 is 4.74 Å². The highest BCUT2D eigenvalue weighted by Crippen LogP contribution is 2.13. The van der Waals surface area contributed by atoms with Crippen LogP contribution in [-0.2, 0) is 6.54 Å². The van der Waals surface area contributed by atoms with E-state index in [4.69, 9.17) is 10.5 Å². The van der Waals surface area contributed by atoms with Crippen LogP contribution in [0.3, 0.4) is 0 Å². The Morgan fingerprint density at radius 1 is 1.29 bits per heavy atom. The molecule has 0 spiro atoms. The zero-order chi connectivity index (χ0) is 12.0. The van der Waals surface area contributed by atoms with Gasteiger partial charge in [-0.1, -0.05) is 12.1 Å². The molecule has 0 aromatic heterocycles. The molecular formula is C13H23ClN2O. The predicted molar refractivity (Wildman–Crippen MR) is 74.8 cm³/mol. The summed E-state index contributed by atoms with van der Waals surface area (Å²) < 4.78 is 5.40. The number of rotatable bonds is 6. The molecule has 3 nitrogen and oxygen atoms in total. The number of likely N-dealkylation sites (N-methyl/N-ethyl adjacent to an activating group) is 1. The first-order valence-electron chi connectivity index (χ1n) is 5.77. The normalized spacial score (nSPS) is 12.1. The molecule has 0 bridgehead atoms. The standard InChI is InChI=1S/C13H22N2O.ClH/c1-4-16-13-7-5-12(6-8-13)10-15(3)9-11(2)14;/h5-8,11H,4,9-10,14H2,1-3H3;1H. The summed E-state index contributed by atoms with van der Waals surface area (Å²) in [7, 11) is 2.08. The van der Waals surface area contributed by atoms with Gasteiger partial charge in [0.15, 0.2) is 0 Å². The molecule has 0 saturated heterocycles. The summed E-state index contributed by atoms with van der Waals surface area (Å²) >= 11 is 0. The van der Waals surface area contributed by atoms with E-state index in [2.05, 4.69) is 24.1 Å². The maximum absolute atomic E-state index is 5.75. The van der Waals surface area contributed by atoms with E-state index in [1.807, 2.05) is 26.0 Å². The van der Waals surface area contributed by atoms with Crippen LogP contribution in [0.4, 0.5) is 0 Å². The zero-order valence-corrected chi connectivity index (χ0v) is 11.7. The zero-order valence-electron chi connectivity index (χ0n) is 10.8. The molecule has 0 aliphatic heterocycles. The van der Waals surface area contributed by atoms with Gasteiger partial charge in [-0.25, -0.2) is 0 Å². The van der Waals surface area contributed by atoms with Gasteiger partial charge in [0.05, 0.1) is 6.61 Å². The molecule has 1 aromatic carbocycles. The Balaban J connectivity index is 0.00000256. The Labute approximate surface area is 110 Å². The van der Waals surface area contributed by atoms with Crippen LogP contribution in [0, 0.1) is 0 Å². The van der Waals surface area contributed by atoms with Crippen LogP contribution in [0.1, 0.15) is 19.4 Å². The highest BCUT2D eigenvalue weighted by molar-refractivity contribution is 5.85. The Bertz CT molecular complexity index is 301. The van der Waals surface area contributed by atoms with E-state index in [1.54, 1.807) is 0 Å². The number of hydrogen-bond donors (Lipinski definition) is 1. The van der Waals surface area contributed by atoms with Crippen molar-refractivity contribution in [3.63, 3.8) is 0 Å². The van der Waals surface area contributed by atoms with E-state index in [0.717, 1.165) is 18.8 Å². The summed E-state index contributed by atoms with van der Waals surface area (Å²) in [6, 6.07) is 8.44. The fourth-order valence-electron chi connectivity index (χ4n) is 1.73. The summed E-state index contributed by atoms with van der Waals surface area (Å²) in [5.74, 6) is 0.932. The number of hydrogen-bond acceptors (Lipinski definition) is 3. The summed E-state index contributed by atoms with van der Waals surface area (Å²) in [4.78, 5) is 2.22. The quantitative estimate of drug-likeness (QED) is 0.851. The van der Waals surface area contributed by atoms with Crippen LogP contribution in [0.2, 0.25) is 0 Å². The second kappa shape index (κ2) is 8.34. The first-order chi connectivity index (χ1) is 7.61. The second-order valence-electron chi connectivity index (χ2n) is 4.25. The van der Waals surface area contributed by atoms with Crippen LogP contribution >= 0.6 is 12.4 Å². The number of benzene rings is 1. The summed E-state index contributed by atoms with van der Waals surface area (Å²) in [6.45, 7) is 6.56. The average Bonchev–Trinajstić information content (AvgIpc) is 2.20. The molecule has 1 rings (SSSR count). The summed E-state index contributed by atoms with van der Waals surface area (Å²) in [5, 5.41) is 0. The molecule has 0 aliphatic carbocycles. The molecule has 1 atom stereocenters. The molecular weight excluding hydrogens is 236 g/mol. The van der Waals surface area contributed by atoms with Gasteiger partial charge in [0.1, 0.15) is 5.75 Å². The van der Waals surface area contributed by atoms with Gasteiger partial charge in [-0.15, -0.1) is 12.4 Å². The lowest BCUT2D eigenvalue weighted by Gasteiger charge is -2.18. The van der Waals surface area contributed by atoms with Crippen molar-refractivity contribution in [2.24, 2.45) is 5.73 Å². The molecule has 0 heterocycles. The number of nitrogens with zero attached hydrogens (tertiary/aromatic N) is 1. The Kier molecular flexibility index (Phi) is 7.96. The molecule has 0 fully saturated rings. The SMILES string of the molecule is CCOc1ccc(CN(C)CC(C)N)cc1.Cl. The molecule has 0 saturated carbocycles. The van der Waals surface area contributed by atoms with E-state index < -0.39 is 0 Å². The van der Waals surface area contributed by atoms with Crippen molar-refractivity contribution >= 4 is 12.4 Å². The van der Waals surface area contributed by atoms with Gasteiger partial charge in [-0.05, 0) is 38.6 Å². The van der Waals surface area contributed by atoms with Crippen molar-refractivity contribution in [3.05, 3.63) is 29.8 Å². The molecule has 4 heteroatoms. The number of ether oxygens (including phenoxy) is 1. The summed E-state index contributed by atoms with van der Waals surface area (Å²) in [5.41, 5.74) is 7.03. The monoisotopic (exact) mass is 258 g/mol. The van der Waals surface area contributed by atoms with Crippen LogP contribution in [0.15, 0.2) is 24.3 Å². The van der Waals surface area contributed by atoms with Crippen molar-refractivity contribution in [1.82, 2.24) is 4.90 Å². The smallest absolute Gasteiger partial charge is 0.119 e. The van der Waals surface area contributed by atoms with Crippen LogP contribution < -0.4 is 10.5 Å². The fourth-order valence-corrected chi connectivity index (χ4v) is 1.73. The van der Waals surface area contributed by atoms with Gasteiger partial charge in [0, 0.05) is 19.1 Å². The lowest BCUT2D eigenvalue weighted by molar-refractivity contribution is 0.309. The molecule has 98 valence electrons. The van der Waals surface area contributed by atoms with E-state index >= 15 is 0 Å². The largest absolute Gasteiger partial charge is 0.494 e. The van der Waals surface area contributed by atoms with E-state index in [9.17, 15) is 0 Å². The summed E-state index contributed by atoms with van der Waals surface area (Å²) in [6.07, 6.45) is 0. The lowest BCUT2D eigenvalue weighted by atomic mass is 10.2. The minimum absolute atomic E-state index is 0. The number of nitrogens with two attached hydrogens (primary N) is 1. The minimum atomic E-state index is 0. The third-order valence-electron chi connectivity index (χ3n) is 2.29. The van der Waals surface area contributed by atoms with Gasteiger partial charge in [0.2, 0.25) is 0 Å². The minimum Gasteiger partial charge on any atom is -0.494 e. The molecule has 2 N–H and O–H groups in total. The highest BCUT2D eigenvalue weighted by atomic mass is 35.5. The lowest BCUT2D eigenvalue weighted by Crippen LogP contribution is -2.32. The highest BCUT2D eigenvalue weighted by Gasteiger charge is 2.03. The molecule has 0 radical (unpaired) electrons. The van der Waals surface area contributed by atoms with Crippen LogP contribution in [-0.4, -0.2) is 31.1 Å². The van der Waals surface area contributed by atoms with Gasteiger partial charge in [0.25, 0.3) is 0 Å². The van der Waals surface area contributed by atoms with Crippen molar-refractivity contribution in [3.8, 4) is 5.75 Å². The first kappa shape index (κ1) is 16.2. The van der Waals surface area contributed by atoms with Gasteiger partial charge >= 0.3 is 0 Å². The van der Waals surface area contributed by atoms with Crippen molar-refractivity contribution in [1.29, 1.82) is 0 Å². The Hall–Kier alpha value is -0.770. The molecule has 0 amide bonds. The van der Waals surface area contributed by atoms with E-state index in [-0.39, 0.29) is 18.4 Å². The van der Waals surface area contributed by atoms with Gasteiger partial charge in [-0.2, -0.15) is 0 Å². The van der Waals surface area contributed by atoms with E-state index in [0.29, 0.717) is 6.61 Å². The maximum Gasteiger partial charge on any atom is 0.119 e. The molecule has 1 unspecified atom stereocenters. The third-order valence-corrected chi connectivity index (χ3v) is 2.29. The van der Waals surface area contributed by atoms with Crippen LogP contribution in [0.5, 0.6) is 5.75 Å². The Morgan fingerprint density at radius 2 is 1.88 bits per heavy atom. The third kappa shape index (κ3) is 6.51. The van der Waals surface area contributed by atoms with Crippen molar-refractivity contribution in [2.45, 2.75) is 26.4 Å². The predicted octanol–water partition coefficient (Wildman–Crippen LogP) is 2.29. The fraction of sp³-hybridized carbons (Fsp3) is 0.538. The van der Waals surface area contributed by atoms with Gasteiger partial charge < -0.3 is 15.4 Å². The van der Waals surface area contributed by atoms with Crippen LogP contribution in [0.25, 0.3) is 0 Å². The van der Waals surface area contributed by atoms with E-state index in [1.165, 1.54) is 5.56 Å². The van der Waals surface area contributed by atoms with Gasteiger partial charge in [-0.3, -0.25) is 0 Å². The Morgan fingerprint density at radius 3 is 2.35 bits per heavy atom. The number of halogens is 1. The topological polar surface area (TPSA) is 38.5 Å². The molecule has 0 aliphatic rings. The molecule has 17 heavy (non-hydrogen) atoms. The molecule has 1 aromatic rings. The maximum atomic E-state index is 5.75. The second-order valence-corrected chi connectivity index (χ2v) is 4.25. The average molecular weight is 259 g/mol. The first-order valence-corrected chi connectivity index (χ1v) is 5.77. The van der Waals surface area contributed by atoms with Crippen molar-refractivity contribution in [2.75, 3.05) is 20.2 Å².